The summed E-state index contributed by atoms with van der Waals surface area (Å²) in [6, 6.07) is 35.8. The molecule has 1 atom stereocenters. The number of aryl methyl sites for hydroxylation is 2. The minimum absolute atomic E-state index is 0.00317. The van der Waals surface area contributed by atoms with Crippen LogP contribution in [0.3, 0.4) is 0 Å². The van der Waals surface area contributed by atoms with Gasteiger partial charge in [-0.1, -0.05) is 91.0 Å². The highest BCUT2D eigenvalue weighted by Crippen LogP contribution is 2.49. The summed E-state index contributed by atoms with van der Waals surface area (Å²) in [6.07, 6.45) is 2.44. The minimum Gasteiger partial charge on any atom is -0.505 e. The minimum atomic E-state index is -4.26. The standard InChI is InChI=1S/C48H34N6O7S/c1-26-11-3-9-17-37(26)49-47(58)35-21-28-13-5-7-15-32(28)43(45(35)56)53-51-30-19-20-34-40(24-30)62(60,61)41-25-31(23-39(55)42(34)41)52-54-44-33-16-8-6-14-29(33)22-36(46(44)57)48(59)50-38-18-10-4-12-27(38)2/h3-25,42,56-57H,1-2H3,(H,49,58)(H,50,59). The number of sulfone groups is 1. The fourth-order valence-corrected chi connectivity index (χ4v) is 9.48. The summed E-state index contributed by atoms with van der Waals surface area (Å²) in [5, 5.41) is 47.7. The SMILES string of the molecule is Cc1ccccc1NC(=O)c1cc2ccccc2c(N=NC2=CC(=O)C3C(=C2)S(=O)(=O)c2cc(N=Nc4c(O)c(C(=O)Nc5ccccc5C)cc5ccccc45)ccc23)c1O. The van der Waals surface area contributed by atoms with E-state index in [2.05, 4.69) is 31.1 Å². The molecule has 0 saturated carbocycles. The fraction of sp³-hybridized carbons (Fsp3) is 0.0625. The number of carbonyl (C=O) groups is 3. The molecule has 2 amide bonds. The topological polar surface area (TPSA) is 199 Å². The Hall–Kier alpha value is -8.10. The Bertz CT molecular complexity index is 3340. The third-order valence-corrected chi connectivity index (χ3v) is 12.8. The molecule has 1 unspecified atom stereocenters. The molecule has 0 saturated heterocycles. The van der Waals surface area contributed by atoms with E-state index in [1.54, 1.807) is 78.9 Å². The van der Waals surface area contributed by atoms with Crippen LogP contribution in [0.25, 0.3) is 21.5 Å². The van der Waals surface area contributed by atoms with Gasteiger partial charge in [0.25, 0.3) is 11.8 Å². The Morgan fingerprint density at radius 3 is 1.65 bits per heavy atom. The van der Waals surface area contributed by atoms with Crippen LogP contribution in [0.5, 0.6) is 11.5 Å². The number of hydrogen-bond donors (Lipinski definition) is 4. The highest BCUT2D eigenvalue weighted by molar-refractivity contribution is 7.95. The number of aromatic hydroxyl groups is 2. The lowest BCUT2D eigenvalue weighted by molar-refractivity contribution is -0.115. The van der Waals surface area contributed by atoms with Gasteiger partial charge in [-0.25, -0.2) is 8.42 Å². The van der Waals surface area contributed by atoms with E-state index in [4.69, 9.17) is 0 Å². The quantitative estimate of drug-likeness (QED) is 0.109. The number of anilines is 2. The molecule has 0 aromatic heterocycles. The number of fused-ring (bicyclic) bond motifs is 5. The monoisotopic (exact) mass is 838 g/mol. The fourth-order valence-electron chi connectivity index (χ4n) is 7.63. The molecule has 304 valence electrons. The Kier molecular flexibility index (Phi) is 9.84. The Labute approximate surface area is 354 Å². The molecule has 4 N–H and O–H groups in total. The summed E-state index contributed by atoms with van der Waals surface area (Å²) in [5.74, 6) is -3.70. The maximum absolute atomic E-state index is 14.1. The number of phenolic OH excluding ortho intramolecular Hbond substituents is 2. The zero-order valence-corrected chi connectivity index (χ0v) is 33.8. The first-order chi connectivity index (χ1) is 29.9. The first kappa shape index (κ1) is 39.4. The van der Waals surface area contributed by atoms with Crippen LogP contribution in [0.1, 0.15) is 43.3 Å². The van der Waals surface area contributed by atoms with Crippen LogP contribution in [-0.4, -0.2) is 36.2 Å². The number of rotatable bonds is 8. The van der Waals surface area contributed by atoms with Gasteiger partial charge in [0.2, 0.25) is 9.84 Å². The van der Waals surface area contributed by atoms with Crippen LogP contribution in [0.4, 0.5) is 28.4 Å². The van der Waals surface area contributed by atoms with E-state index in [1.807, 2.05) is 38.1 Å². The number of para-hydroxylation sites is 2. The zero-order chi connectivity index (χ0) is 43.3. The number of benzene rings is 7. The first-order valence-electron chi connectivity index (χ1n) is 19.3. The molecule has 7 aromatic rings. The van der Waals surface area contributed by atoms with Crippen molar-refractivity contribution >= 4 is 77.4 Å². The Morgan fingerprint density at radius 1 is 0.597 bits per heavy atom. The second-order valence-electron chi connectivity index (χ2n) is 14.8. The van der Waals surface area contributed by atoms with E-state index in [0.717, 1.165) is 11.1 Å². The first-order valence-corrected chi connectivity index (χ1v) is 20.8. The lowest BCUT2D eigenvalue weighted by Crippen LogP contribution is -2.15. The van der Waals surface area contributed by atoms with E-state index < -0.39 is 44.9 Å². The number of azo groups is 2. The van der Waals surface area contributed by atoms with Gasteiger partial charge in [0.05, 0.1) is 38.2 Å². The van der Waals surface area contributed by atoms with Gasteiger partial charge in [-0.15, -0.1) is 10.2 Å². The second kappa shape index (κ2) is 15.5. The van der Waals surface area contributed by atoms with Gasteiger partial charge in [-0.05, 0) is 83.8 Å². The van der Waals surface area contributed by atoms with Gasteiger partial charge in [0.1, 0.15) is 11.4 Å². The maximum atomic E-state index is 14.1. The normalized spacial score (nSPS) is 15.4. The van der Waals surface area contributed by atoms with E-state index in [-0.39, 0.29) is 49.3 Å². The van der Waals surface area contributed by atoms with Gasteiger partial charge in [0.15, 0.2) is 17.3 Å². The van der Waals surface area contributed by atoms with Crippen LogP contribution in [0, 0.1) is 13.8 Å². The van der Waals surface area contributed by atoms with E-state index in [9.17, 15) is 33.0 Å². The molecule has 2 aliphatic rings. The summed E-state index contributed by atoms with van der Waals surface area (Å²) < 4.78 is 28.2. The van der Waals surface area contributed by atoms with Crippen molar-refractivity contribution in [3.63, 3.8) is 0 Å². The lowest BCUT2D eigenvalue weighted by atomic mass is 9.90. The molecule has 0 spiro atoms. The predicted molar refractivity (Wildman–Crippen MR) is 236 cm³/mol. The molecule has 1 aliphatic carbocycles. The van der Waals surface area contributed by atoms with Crippen molar-refractivity contribution < 1.29 is 33.0 Å². The Balaban J connectivity index is 1.02. The van der Waals surface area contributed by atoms with E-state index in [1.165, 1.54) is 36.4 Å². The van der Waals surface area contributed by atoms with Crippen LogP contribution < -0.4 is 10.6 Å². The summed E-state index contributed by atoms with van der Waals surface area (Å²) in [5.41, 5.74) is 2.93. The van der Waals surface area contributed by atoms with Crippen molar-refractivity contribution in [2.75, 3.05) is 10.6 Å². The van der Waals surface area contributed by atoms with Gasteiger partial charge in [0, 0.05) is 28.2 Å². The molecule has 14 heteroatoms. The van der Waals surface area contributed by atoms with Crippen molar-refractivity contribution in [2.45, 2.75) is 24.7 Å². The number of hydrogen-bond acceptors (Lipinski definition) is 11. The maximum Gasteiger partial charge on any atom is 0.259 e. The van der Waals surface area contributed by atoms with Crippen molar-refractivity contribution in [1.82, 2.24) is 0 Å². The summed E-state index contributed by atoms with van der Waals surface area (Å²) in [6.45, 7) is 3.69. The van der Waals surface area contributed by atoms with Crippen molar-refractivity contribution in [1.29, 1.82) is 0 Å². The number of nitrogens with zero attached hydrogens (tertiary/aromatic N) is 4. The number of carbonyl (C=O) groups excluding carboxylic acids is 3. The van der Waals surface area contributed by atoms with Crippen LogP contribution in [-0.2, 0) is 14.6 Å². The molecular weight excluding hydrogens is 805 g/mol. The molecule has 0 bridgehead atoms. The largest absolute Gasteiger partial charge is 0.505 e. The second-order valence-corrected chi connectivity index (χ2v) is 16.7. The third kappa shape index (κ3) is 6.97. The molecule has 7 aromatic carbocycles. The van der Waals surface area contributed by atoms with Crippen molar-refractivity contribution in [3.8, 4) is 11.5 Å². The molecular formula is C48H34N6O7S. The number of allylic oxidation sites excluding steroid dienone is 3. The van der Waals surface area contributed by atoms with Crippen LogP contribution in [0.2, 0.25) is 0 Å². The number of nitrogens with one attached hydrogen (secondary N) is 2. The number of ketones is 1. The van der Waals surface area contributed by atoms with Gasteiger partial charge < -0.3 is 20.8 Å². The van der Waals surface area contributed by atoms with Gasteiger partial charge in [-0.2, -0.15) is 10.2 Å². The average Bonchev–Trinajstić information content (AvgIpc) is 3.49. The van der Waals surface area contributed by atoms with E-state index >= 15 is 0 Å². The van der Waals surface area contributed by atoms with Crippen molar-refractivity contribution in [2.24, 2.45) is 20.5 Å². The number of amides is 2. The average molecular weight is 839 g/mol. The molecule has 0 fully saturated rings. The summed E-state index contributed by atoms with van der Waals surface area (Å²) >= 11 is 0. The van der Waals surface area contributed by atoms with Crippen LogP contribution in [0.15, 0.2) is 176 Å². The number of phenols is 2. The molecule has 0 radical (unpaired) electrons. The highest BCUT2D eigenvalue weighted by Gasteiger charge is 2.45. The van der Waals surface area contributed by atoms with Gasteiger partial charge >= 0.3 is 0 Å². The smallest absolute Gasteiger partial charge is 0.259 e. The predicted octanol–water partition coefficient (Wildman–Crippen LogP) is 10.9. The molecule has 1 aliphatic heterocycles. The third-order valence-electron chi connectivity index (χ3n) is 10.9. The summed E-state index contributed by atoms with van der Waals surface area (Å²) in [7, 11) is -4.26. The van der Waals surface area contributed by atoms with Crippen molar-refractivity contribution in [3.05, 3.63) is 178 Å². The zero-order valence-electron chi connectivity index (χ0n) is 33.0. The summed E-state index contributed by atoms with van der Waals surface area (Å²) in [4.78, 5) is 40.2. The van der Waals surface area contributed by atoms with E-state index in [0.29, 0.717) is 32.9 Å². The molecule has 62 heavy (non-hydrogen) atoms. The molecule has 1 heterocycles. The van der Waals surface area contributed by atoms with Crippen LogP contribution >= 0.6 is 0 Å². The molecule has 9 rings (SSSR count). The Morgan fingerprint density at radius 2 is 1.10 bits per heavy atom. The molecule has 13 nitrogen and oxygen atoms in total. The lowest BCUT2D eigenvalue weighted by Gasteiger charge is -2.14. The van der Waals surface area contributed by atoms with Gasteiger partial charge in [-0.3, -0.25) is 14.4 Å². The highest BCUT2D eigenvalue weighted by atomic mass is 32.2.